The maximum Gasteiger partial charge on any atom is 0.161 e. The Hall–Kier alpha value is -0.480. The zero-order chi connectivity index (χ0) is 12.4. The molecule has 1 aromatic rings. The van der Waals surface area contributed by atoms with Crippen LogP contribution >= 0.6 is 27.7 Å². The average molecular weight is 314 g/mol. The molecular weight excluding hydrogens is 298 g/mol. The topological polar surface area (TPSA) is 20.3 Å². The quantitative estimate of drug-likeness (QED) is 0.778. The van der Waals surface area contributed by atoms with Gasteiger partial charge in [0, 0.05) is 39.8 Å². The van der Waals surface area contributed by atoms with Crippen LogP contribution in [-0.4, -0.2) is 29.9 Å². The molecule has 2 nitrogen and oxygen atoms in total. The highest BCUT2D eigenvalue weighted by Crippen LogP contribution is 2.29. The smallest absolute Gasteiger partial charge is 0.161 e. The first kappa shape index (κ1) is 13.0. The number of carbonyl (C=O) groups excluding carboxylic acids is 1. The molecule has 0 spiro atoms. The molecule has 0 saturated carbocycles. The first-order valence-electron chi connectivity index (χ1n) is 5.74. The van der Waals surface area contributed by atoms with Gasteiger partial charge in [-0.25, -0.2) is 0 Å². The van der Waals surface area contributed by atoms with Crippen molar-refractivity contribution in [3.8, 4) is 0 Å². The van der Waals surface area contributed by atoms with Crippen LogP contribution in [0.2, 0.25) is 0 Å². The fourth-order valence-corrected chi connectivity index (χ4v) is 3.50. The number of hydrogen-bond donors (Lipinski definition) is 0. The molecule has 1 aliphatic heterocycles. The van der Waals surface area contributed by atoms with Crippen molar-refractivity contribution >= 4 is 39.2 Å². The largest absolute Gasteiger partial charge is 0.367 e. The fourth-order valence-electron chi connectivity index (χ4n) is 2.13. The van der Waals surface area contributed by atoms with Crippen LogP contribution in [0.3, 0.4) is 0 Å². The summed E-state index contributed by atoms with van der Waals surface area (Å²) < 4.78 is 0.963. The van der Waals surface area contributed by atoms with E-state index in [9.17, 15) is 4.79 Å². The van der Waals surface area contributed by atoms with Gasteiger partial charge in [-0.15, -0.1) is 0 Å². The number of Topliss-reactive ketones (excluding diaryl/α,β-unsaturated/α-hetero) is 1. The summed E-state index contributed by atoms with van der Waals surface area (Å²) in [5.74, 6) is 2.40. The van der Waals surface area contributed by atoms with Crippen molar-refractivity contribution < 1.29 is 4.79 Å². The van der Waals surface area contributed by atoms with E-state index in [4.69, 9.17) is 0 Å². The Balaban J connectivity index is 2.39. The maximum atomic E-state index is 11.7. The molecule has 92 valence electrons. The third-order valence-corrected chi connectivity index (χ3v) is 4.70. The van der Waals surface area contributed by atoms with Crippen LogP contribution in [0.15, 0.2) is 22.7 Å². The van der Waals surface area contributed by atoms with Crippen molar-refractivity contribution in [2.75, 3.05) is 23.0 Å². The highest BCUT2D eigenvalue weighted by Gasteiger charge is 2.22. The number of hydrogen-bond acceptors (Lipinski definition) is 3. The van der Waals surface area contributed by atoms with Gasteiger partial charge in [-0.2, -0.15) is 11.8 Å². The molecule has 1 aliphatic rings. The molecule has 1 heterocycles. The third-order valence-electron chi connectivity index (χ3n) is 3.01. The zero-order valence-corrected chi connectivity index (χ0v) is 12.5. The van der Waals surface area contributed by atoms with Gasteiger partial charge >= 0.3 is 0 Å². The van der Waals surface area contributed by atoms with Gasteiger partial charge in [0.1, 0.15) is 0 Å². The molecule has 2 rings (SSSR count). The summed E-state index contributed by atoms with van der Waals surface area (Å²) in [6.07, 6.45) is 0. The van der Waals surface area contributed by atoms with Crippen LogP contribution < -0.4 is 4.90 Å². The standard InChI is InChI=1S/C13H16BrNOS/c1-9-8-17-6-5-15(9)13-4-3-11(14)7-12(13)10(2)16/h3-4,7,9H,5-6,8H2,1-2H3. The second kappa shape index (κ2) is 5.44. The number of ketones is 1. The van der Waals surface area contributed by atoms with Crippen molar-refractivity contribution in [2.24, 2.45) is 0 Å². The van der Waals surface area contributed by atoms with Gasteiger partial charge in [0.25, 0.3) is 0 Å². The molecule has 1 atom stereocenters. The second-order valence-corrected chi connectivity index (χ2v) is 6.40. The lowest BCUT2D eigenvalue weighted by molar-refractivity contribution is 0.101. The summed E-state index contributed by atoms with van der Waals surface area (Å²) in [4.78, 5) is 14.1. The van der Waals surface area contributed by atoms with E-state index in [1.165, 1.54) is 0 Å². The zero-order valence-electron chi connectivity index (χ0n) is 10.1. The number of carbonyl (C=O) groups is 1. The number of rotatable bonds is 2. The van der Waals surface area contributed by atoms with E-state index in [0.29, 0.717) is 6.04 Å². The van der Waals surface area contributed by atoms with Crippen LogP contribution in [0.25, 0.3) is 0 Å². The number of halogens is 1. The lowest BCUT2D eigenvalue weighted by Crippen LogP contribution is -2.41. The summed E-state index contributed by atoms with van der Waals surface area (Å²) in [7, 11) is 0. The van der Waals surface area contributed by atoms with Crippen molar-refractivity contribution in [3.05, 3.63) is 28.2 Å². The van der Waals surface area contributed by atoms with E-state index in [1.807, 2.05) is 30.0 Å². The van der Waals surface area contributed by atoms with Crippen LogP contribution in [0.4, 0.5) is 5.69 Å². The van der Waals surface area contributed by atoms with Crippen LogP contribution in [-0.2, 0) is 0 Å². The molecule has 1 aromatic carbocycles. The summed E-state index contributed by atoms with van der Waals surface area (Å²) in [6.45, 7) is 4.88. The fraction of sp³-hybridized carbons (Fsp3) is 0.462. The molecule has 0 aliphatic carbocycles. The molecule has 0 amide bonds. The monoisotopic (exact) mass is 313 g/mol. The van der Waals surface area contributed by atoms with Crippen molar-refractivity contribution in [3.63, 3.8) is 0 Å². The Kier molecular flexibility index (Phi) is 4.15. The molecule has 0 aromatic heterocycles. The van der Waals surface area contributed by atoms with E-state index in [0.717, 1.165) is 33.8 Å². The second-order valence-electron chi connectivity index (χ2n) is 4.33. The molecular formula is C13H16BrNOS. The molecule has 0 radical (unpaired) electrons. The van der Waals surface area contributed by atoms with Gasteiger partial charge in [-0.1, -0.05) is 15.9 Å². The Morgan fingerprint density at radius 1 is 1.53 bits per heavy atom. The third kappa shape index (κ3) is 2.86. The van der Waals surface area contributed by atoms with Gasteiger partial charge in [0.05, 0.1) is 0 Å². The van der Waals surface area contributed by atoms with Gasteiger partial charge in [0.15, 0.2) is 5.78 Å². The minimum absolute atomic E-state index is 0.131. The lowest BCUT2D eigenvalue weighted by atomic mass is 10.1. The number of anilines is 1. The van der Waals surface area contributed by atoms with E-state index >= 15 is 0 Å². The Morgan fingerprint density at radius 3 is 2.94 bits per heavy atom. The Morgan fingerprint density at radius 2 is 2.29 bits per heavy atom. The molecule has 1 unspecified atom stereocenters. The molecule has 17 heavy (non-hydrogen) atoms. The normalized spacial score (nSPS) is 20.4. The highest BCUT2D eigenvalue weighted by molar-refractivity contribution is 9.10. The van der Waals surface area contributed by atoms with Gasteiger partial charge in [-0.3, -0.25) is 4.79 Å². The average Bonchev–Trinajstić information content (AvgIpc) is 2.30. The number of nitrogens with zero attached hydrogens (tertiary/aromatic N) is 1. The van der Waals surface area contributed by atoms with Gasteiger partial charge < -0.3 is 4.90 Å². The first-order chi connectivity index (χ1) is 8.09. The van der Waals surface area contributed by atoms with Crippen molar-refractivity contribution in [1.82, 2.24) is 0 Å². The van der Waals surface area contributed by atoms with E-state index in [2.05, 4.69) is 27.8 Å². The maximum absolute atomic E-state index is 11.7. The molecule has 0 bridgehead atoms. The molecule has 4 heteroatoms. The van der Waals surface area contributed by atoms with E-state index in [1.54, 1.807) is 6.92 Å². The Bertz CT molecular complexity index is 435. The van der Waals surface area contributed by atoms with Crippen LogP contribution in [0.5, 0.6) is 0 Å². The summed E-state index contributed by atoms with van der Waals surface area (Å²) in [5, 5.41) is 0. The molecule has 1 fully saturated rings. The van der Waals surface area contributed by atoms with Crippen molar-refractivity contribution in [2.45, 2.75) is 19.9 Å². The van der Waals surface area contributed by atoms with E-state index in [-0.39, 0.29) is 5.78 Å². The predicted octanol–water partition coefficient (Wildman–Crippen LogP) is 3.59. The predicted molar refractivity (Wildman–Crippen MR) is 78.3 cm³/mol. The van der Waals surface area contributed by atoms with Gasteiger partial charge in [0.2, 0.25) is 0 Å². The van der Waals surface area contributed by atoms with Crippen LogP contribution in [0, 0.1) is 0 Å². The molecule has 0 N–H and O–H groups in total. The summed E-state index contributed by atoms with van der Waals surface area (Å²) in [5.41, 5.74) is 1.90. The van der Waals surface area contributed by atoms with Crippen molar-refractivity contribution in [1.29, 1.82) is 0 Å². The number of thioether (sulfide) groups is 1. The SMILES string of the molecule is CC(=O)c1cc(Br)ccc1N1CCSCC1C. The minimum Gasteiger partial charge on any atom is -0.367 e. The summed E-state index contributed by atoms with van der Waals surface area (Å²) in [6, 6.07) is 6.48. The van der Waals surface area contributed by atoms with Gasteiger partial charge in [-0.05, 0) is 32.0 Å². The first-order valence-corrected chi connectivity index (χ1v) is 7.69. The minimum atomic E-state index is 0.131. The molecule has 1 saturated heterocycles. The van der Waals surface area contributed by atoms with E-state index < -0.39 is 0 Å². The Labute approximate surface area is 115 Å². The number of benzene rings is 1. The van der Waals surface area contributed by atoms with Crippen LogP contribution in [0.1, 0.15) is 24.2 Å². The lowest BCUT2D eigenvalue weighted by Gasteiger charge is -2.36. The highest BCUT2D eigenvalue weighted by atomic mass is 79.9. The summed E-state index contributed by atoms with van der Waals surface area (Å²) >= 11 is 5.41.